The summed E-state index contributed by atoms with van der Waals surface area (Å²) in [6.07, 6.45) is 3.60. The second kappa shape index (κ2) is 10.5. The lowest BCUT2D eigenvalue weighted by Gasteiger charge is -2.23. The maximum atomic E-state index is 13.1. The van der Waals surface area contributed by atoms with Gasteiger partial charge in [-0.15, -0.1) is 0 Å². The van der Waals surface area contributed by atoms with Gasteiger partial charge in [-0.1, -0.05) is 31.5 Å². The van der Waals surface area contributed by atoms with Gasteiger partial charge in [0, 0.05) is 31.0 Å². The fourth-order valence-electron chi connectivity index (χ4n) is 2.57. The van der Waals surface area contributed by atoms with Gasteiger partial charge in [0.15, 0.2) is 11.5 Å². The number of halogens is 1. The van der Waals surface area contributed by atoms with Gasteiger partial charge in [-0.05, 0) is 29.7 Å². The van der Waals surface area contributed by atoms with Crippen LogP contribution in [0, 0.1) is 17.2 Å². The Kier molecular flexibility index (Phi) is 8.09. The van der Waals surface area contributed by atoms with Crippen LogP contribution < -0.4 is 9.47 Å². The summed E-state index contributed by atoms with van der Waals surface area (Å²) in [5.41, 5.74) is 1.25. The van der Waals surface area contributed by atoms with E-state index in [9.17, 15) is 4.79 Å². The lowest BCUT2D eigenvalue weighted by Crippen LogP contribution is -2.31. The van der Waals surface area contributed by atoms with E-state index in [2.05, 4.69) is 11.1 Å². The number of carbonyl (C=O) groups excluding carboxylic acids is 1. The van der Waals surface area contributed by atoms with Gasteiger partial charge in [-0.2, -0.15) is 5.26 Å². The number of hydrogen-bond donors (Lipinski definition) is 0. The highest BCUT2D eigenvalue weighted by Crippen LogP contribution is 2.37. The van der Waals surface area contributed by atoms with Crippen molar-refractivity contribution in [2.45, 2.75) is 26.8 Å². The third-order valence-corrected chi connectivity index (χ3v) is 4.20. The molecule has 7 heteroatoms. The van der Waals surface area contributed by atoms with Crippen LogP contribution in [-0.4, -0.2) is 36.1 Å². The Labute approximate surface area is 170 Å². The molecule has 0 fully saturated rings. The van der Waals surface area contributed by atoms with Crippen LogP contribution in [0.25, 0.3) is 0 Å². The molecule has 0 saturated carbocycles. The molecule has 0 atom stereocenters. The largest absolute Gasteiger partial charge is 0.493 e. The number of methoxy groups -OCH3 is 1. The van der Waals surface area contributed by atoms with Crippen LogP contribution in [0.15, 0.2) is 36.7 Å². The van der Waals surface area contributed by atoms with E-state index < -0.39 is 0 Å². The summed E-state index contributed by atoms with van der Waals surface area (Å²) in [6.45, 7) is 5.20. The number of ether oxygens (including phenoxy) is 2. The molecule has 0 saturated heterocycles. The zero-order valence-electron chi connectivity index (χ0n) is 16.3. The number of hydrogen-bond acceptors (Lipinski definition) is 5. The van der Waals surface area contributed by atoms with Crippen molar-refractivity contribution in [1.82, 2.24) is 9.88 Å². The Morgan fingerprint density at radius 1 is 1.39 bits per heavy atom. The van der Waals surface area contributed by atoms with E-state index in [-0.39, 0.29) is 12.3 Å². The number of amides is 1. The third kappa shape index (κ3) is 5.86. The van der Waals surface area contributed by atoms with Gasteiger partial charge in [0.25, 0.3) is 5.91 Å². The Hall–Kier alpha value is -2.78. The SMILES string of the molecule is COc1cc(C(=O)N(CCC#N)Cc2cccnc2)cc(Cl)c1OCC(C)C. The zero-order valence-corrected chi connectivity index (χ0v) is 17.1. The predicted molar refractivity (Wildman–Crippen MR) is 108 cm³/mol. The number of aromatic nitrogens is 1. The molecule has 1 aromatic carbocycles. The zero-order chi connectivity index (χ0) is 20.5. The van der Waals surface area contributed by atoms with Crippen molar-refractivity contribution in [2.24, 2.45) is 5.92 Å². The molecule has 1 aromatic heterocycles. The number of carbonyl (C=O) groups is 1. The lowest BCUT2D eigenvalue weighted by molar-refractivity contribution is 0.0746. The predicted octanol–water partition coefficient (Wildman–Crippen LogP) is 4.33. The molecule has 1 heterocycles. The Morgan fingerprint density at radius 3 is 2.79 bits per heavy atom. The minimum Gasteiger partial charge on any atom is -0.493 e. The van der Waals surface area contributed by atoms with E-state index >= 15 is 0 Å². The molecule has 0 aliphatic rings. The summed E-state index contributed by atoms with van der Waals surface area (Å²) >= 11 is 6.37. The average Bonchev–Trinajstić information content (AvgIpc) is 2.69. The van der Waals surface area contributed by atoms with Gasteiger partial charge in [0.1, 0.15) is 0 Å². The molecule has 148 valence electrons. The van der Waals surface area contributed by atoms with Crippen molar-refractivity contribution in [1.29, 1.82) is 5.26 Å². The van der Waals surface area contributed by atoms with Gasteiger partial charge >= 0.3 is 0 Å². The molecule has 2 aromatic rings. The Balaban J connectivity index is 2.30. The Bertz CT molecular complexity index is 835. The van der Waals surface area contributed by atoms with E-state index in [1.807, 2.05) is 26.0 Å². The highest BCUT2D eigenvalue weighted by molar-refractivity contribution is 6.32. The molecular formula is C21H24ClN3O3. The normalized spacial score (nSPS) is 10.4. The van der Waals surface area contributed by atoms with Crippen LogP contribution in [0.2, 0.25) is 5.02 Å². The van der Waals surface area contributed by atoms with E-state index in [0.29, 0.717) is 47.7 Å². The molecule has 0 radical (unpaired) electrons. The van der Waals surface area contributed by atoms with Crippen LogP contribution in [0.4, 0.5) is 0 Å². The molecule has 0 aliphatic heterocycles. The van der Waals surface area contributed by atoms with Crippen LogP contribution in [-0.2, 0) is 6.54 Å². The van der Waals surface area contributed by atoms with E-state index in [0.717, 1.165) is 5.56 Å². The smallest absolute Gasteiger partial charge is 0.254 e. The van der Waals surface area contributed by atoms with Crippen molar-refractivity contribution in [3.05, 3.63) is 52.8 Å². The van der Waals surface area contributed by atoms with Crippen molar-refractivity contribution < 1.29 is 14.3 Å². The summed E-state index contributed by atoms with van der Waals surface area (Å²) in [5.74, 6) is 0.904. The summed E-state index contributed by atoms with van der Waals surface area (Å²) in [7, 11) is 1.51. The van der Waals surface area contributed by atoms with Gasteiger partial charge in [0.2, 0.25) is 0 Å². The van der Waals surface area contributed by atoms with Crippen LogP contribution in [0.3, 0.4) is 0 Å². The van der Waals surface area contributed by atoms with Gasteiger partial charge in [-0.3, -0.25) is 9.78 Å². The molecule has 0 bridgehead atoms. The molecule has 1 amide bonds. The summed E-state index contributed by atoms with van der Waals surface area (Å²) in [6, 6.07) is 8.97. The number of nitriles is 1. The Morgan fingerprint density at radius 2 is 2.18 bits per heavy atom. The standard InChI is InChI=1S/C21H24ClN3O3/c1-15(2)14-28-20-18(22)10-17(11-19(20)27-3)21(26)25(9-5-7-23)13-16-6-4-8-24-12-16/h4,6,8,10-12,15H,5,9,13-14H2,1-3H3. The first kappa shape index (κ1) is 21.5. The maximum absolute atomic E-state index is 13.1. The van der Waals surface area contributed by atoms with Crippen molar-refractivity contribution >= 4 is 17.5 Å². The van der Waals surface area contributed by atoms with Crippen LogP contribution in [0.1, 0.15) is 36.2 Å². The monoisotopic (exact) mass is 401 g/mol. The fraction of sp³-hybridized carbons (Fsp3) is 0.381. The fourth-order valence-corrected chi connectivity index (χ4v) is 2.83. The molecule has 28 heavy (non-hydrogen) atoms. The van der Waals surface area contributed by atoms with Crippen LogP contribution >= 0.6 is 11.6 Å². The second-order valence-corrected chi connectivity index (χ2v) is 7.10. The molecular weight excluding hydrogens is 378 g/mol. The highest BCUT2D eigenvalue weighted by atomic mass is 35.5. The molecule has 0 N–H and O–H groups in total. The molecule has 6 nitrogen and oxygen atoms in total. The first-order valence-electron chi connectivity index (χ1n) is 9.01. The molecule has 0 unspecified atom stereocenters. The average molecular weight is 402 g/mol. The summed E-state index contributed by atoms with van der Waals surface area (Å²) < 4.78 is 11.1. The number of pyridine rings is 1. The third-order valence-electron chi connectivity index (χ3n) is 3.91. The lowest BCUT2D eigenvalue weighted by atomic mass is 10.1. The molecule has 0 aliphatic carbocycles. The van der Waals surface area contributed by atoms with Crippen molar-refractivity contribution in [3.8, 4) is 17.6 Å². The van der Waals surface area contributed by atoms with E-state index in [1.54, 1.807) is 29.4 Å². The van der Waals surface area contributed by atoms with E-state index in [4.69, 9.17) is 26.3 Å². The first-order chi connectivity index (χ1) is 13.5. The van der Waals surface area contributed by atoms with Crippen molar-refractivity contribution in [2.75, 3.05) is 20.3 Å². The quantitative estimate of drug-likeness (QED) is 0.624. The first-order valence-corrected chi connectivity index (χ1v) is 9.39. The van der Waals surface area contributed by atoms with Gasteiger partial charge in [0.05, 0.1) is 31.2 Å². The van der Waals surface area contributed by atoms with Crippen LogP contribution in [0.5, 0.6) is 11.5 Å². The maximum Gasteiger partial charge on any atom is 0.254 e. The second-order valence-electron chi connectivity index (χ2n) is 6.69. The number of rotatable bonds is 9. The molecule has 0 spiro atoms. The highest BCUT2D eigenvalue weighted by Gasteiger charge is 2.21. The number of nitrogens with zero attached hydrogens (tertiary/aromatic N) is 3. The minimum absolute atomic E-state index is 0.229. The number of benzene rings is 1. The van der Waals surface area contributed by atoms with E-state index in [1.165, 1.54) is 7.11 Å². The summed E-state index contributed by atoms with van der Waals surface area (Å²) in [4.78, 5) is 18.8. The minimum atomic E-state index is -0.241. The molecule has 2 rings (SSSR count). The van der Waals surface area contributed by atoms with Gasteiger partial charge in [-0.25, -0.2) is 0 Å². The van der Waals surface area contributed by atoms with Crippen molar-refractivity contribution in [3.63, 3.8) is 0 Å². The topological polar surface area (TPSA) is 75.5 Å². The van der Waals surface area contributed by atoms with Gasteiger partial charge < -0.3 is 14.4 Å². The summed E-state index contributed by atoms with van der Waals surface area (Å²) in [5, 5.41) is 9.25.